The number of alkyl halides is 3. The van der Waals surface area contributed by atoms with E-state index in [-0.39, 0.29) is 18.1 Å². The van der Waals surface area contributed by atoms with E-state index in [4.69, 9.17) is 4.74 Å². The van der Waals surface area contributed by atoms with Gasteiger partial charge in [0.05, 0.1) is 30.0 Å². The Kier molecular flexibility index (Phi) is 7.58. The minimum atomic E-state index is -4.57. The SMILES string of the molecule is COC(=O)C1(c2ccccc2CCc2nc(Cc3ccc(C4CN([B]C=O)C4)cc3)ncc2C(F)(F)F)CC1. The summed E-state index contributed by atoms with van der Waals surface area (Å²) < 4.78 is 46.5. The van der Waals surface area contributed by atoms with Crippen molar-refractivity contribution in [2.24, 2.45) is 0 Å². The van der Waals surface area contributed by atoms with Crippen LogP contribution >= 0.6 is 0 Å². The first kappa shape index (κ1) is 27.1. The summed E-state index contributed by atoms with van der Waals surface area (Å²) in [6.07, 6.45) is -0.908. The van der Waals surface area contributed by atoms with E-state index < -0.39 is 17.2 Å². The number of methoxy groups -OCH3 is 1. The van der Waals surface area contributed by atoms with Gasteiger partial charge in [-0.25, -0.2) is 9.97 Å². The Morgan fingerprint density at radius 2 is 1.85 bits per heavy atom. The van der Waals surface area contributed by atoms with E-state index in [2.05, 4.69) is 9.97 Å². The maximum absolute atomic E-state index is 13.8. The van der Waals surface area contributed by atoms with E-state index in [1.165, 1.54) is 14.5 Å². The third-order valence-electron chi connectivity index (χ3n) is 7.71. The Morgan fingerprint density at radius 3 is 2.49 bits per heavy atom. The number of aromatic nitrogens is 2. The summed E-state index contributed by atoms with van der Waals surface area (Å²) in [5, 5.41) is 0. The molecule has 0 atom stereocenters. The highest BCUT2D eigenvalue weighted by Gasteiger charge is 2.53. The van der Waals surface area contributed by atoms with Crippen molar-refractivity contribution in [1.82, 2.24) is 14.8 Å². The lowest BCUT2D eigenvalue weighted by Gasteiger charge is -2.38. The van der Waals surface area contributed by atoms with Gasteiger partial charge in [0, 0.05) is 18.5 Å². The Bertz CT molecular complexity index is 1350. The topological polar surface area (TPSA) is 72.4 Å². The fraction of sp³-hybridized carbons (Fsp3) is 0.379. The van der Waals surface area contributed by atoms with Crippen LogP contribution in [0.4, 0.5) is 13.2 Å². The third kappa shape index (κ3) is 5.76. The van der Waals surface area contributed by atoms with Crippen LogP contribution in [0, 0.1) is 0 Å². The summed E-state index contributed by atoms with van der Waals surface area (Å²) in [7, 11) is 2.89. The maximum atomic E-state index is 13.8. The molecule has 2 aliphatic rings. The second kappa shape index (κ2) is 10.9. The fourth-order valence-electron chi connectivity index (χ4n) is 5.35. The molecule has 0 bridgehead atoms. The van der Waals surface area contributed by atoms with Crippen LogP contribution in [0.2, 0.25) is 0 Å². The number of carbonyl (C=O) groups is 2. The molecule has 201 valence electrons. The van der Waals surface area contributed by atoms with E-state index in [1.54, 1.807) is 0 Å². The van der Waals surface area contributed by atoms with Gasteiger partial charge in [-0.3, -0.25) is 4.79 Å². The zero-order valence-electron chi connectivity index (χ0n) is 21.6. The molecule has 1 radical (unpaired) electrons. The lowest BCUT2D eigenvalue weighted by molar-refractivity contribution is -0.143. The molecule has 1 saturated carbocycles. The highest BCUT2D eigenvalue weighted by Crippen LogP contribution is 2.50. The van der Waals surface area contributed by atoms with Crippen molar-refractivity contribution >= 4 is 19.6 Å². The van der Waals surface area contributed by atoms with Crippen molar-refractivity contribution in [3.8, 4) is 0 Å². The molecule has 5 rings (SSSR count). The zero-order valence-corrected chi connectivity index (χ0v) is 21.6. The summed E-state index contributed by atoms with van der Waals surface area (Å²) >= 11 is 0. The highest BCUT2D eigenvalue weighted by atomic mass is 19.4. The summed E-state index contributed by atoms with van der Waals surface area (Å²) in [6.45, 7) is 1.57. The lowest BCUT2D eigenvalue weighted by Crippen LogP contribution is -2.47. The first-order valence-electron chi connectivity index (χ1n) is 12.9. The molecule has 0 spiro atoms. The first-order chi connectivity index (χ1) is 18.7. The number of nitrogens with zero attached hydrogens (tertiary/aromatic N) is 3. The number of hydrogen-bond donors (Lipinski definition) is 0. The van der Waals surface area contributed by atoms with Crippen molar-refractivity contribution < 1.29 is 27.5 Å². The van der Waals surface area contributed by atoms with E-state index in [1.807, 2.05) is 53.3 Å². The summed E-state index contributed by atoms with van der Waals surface area (Å²) in [5.41, 5.74) is 2.10. The fourth-order valence-corrected chi connectivity index (χ4v) is 5.35. The van der Waals surface area contributed by atoms with Gasteiger partial charge in [0.1, 0.15) is 5.82 Å². The van der Waals surface area contributed by atoms with Crippen LogP contribution in [0.25, 0.3) is 0 Å². The Balaban J connectivity index is 1.32. The first-order valence-corrected chi connectivity index (χ1v) is 12.9. The standard InChI is InChI=1S/C29H28BF3N3O3/c1-39-27(38)28(12-13-28)23-5-3-2-4-21(23)10-11-25-24(29(31,32)33)15-34-26(35-25)14-19-6-8-20(9-7-19)22-16-36(17-22)30-18-37/h2-9,15,18,22H,10-14,16-17H2,1H3. The quantitative estimate of drug-likeness (QED) is 0.220. The predicted octanol–water partition coefficient (Wildman–Crippen LogP) is 4.28. The average Bonchev–Trinajstić information content (AvgIpc) is 3.71. The number of halogens is 3. The second-order valence-electron chi connectivity index (χ2n) is 10.2. The zero-order chi connectivity index (χ0) is 27.6. The number of hydrogen-bond acceptors (Lipinski definition) is 6. The van der Waals surface area contributed by atoms with E-state index >= 15 is 0 Å². The molecule has 1 aliphatic carbocycles. The number of aryl methyl sites for hydroxylation is 2. The summed E-state index contributed by atoms with van der Waals surface area (Å²) in [4.78, 5) is 33.4. The van der Waals surface area contributed by atoms with E-state index in [9.17, 15) is 22.8 Å². The van der Waals surface area contributed by atoms with Crippen molar-refractivity contribution in [2.45, 2.75) is 49.6 Å². The van der Waals surface area contributed by atoms with Gasteiger partial charge in [0.25, 0.3) is 7.41 Å². The van der Waals surface area contributed by atoms with Crippen LogP contribution in [0.5, 0.6) is 0 Å². The molecule has 0 amide bonds. The minimum Gasteiger partial charge on any atom is -0.468 e. The molecule has 2 aromatic carbocycles. The Labute approximate surface area is 225 Å². The molecule has 39 heavy (non-hydrogen) atoms. The molecule has 10 heteroatoms. The number of esters is 1. The smallest absolute Gasteiger partial charge is 0.419 e. The molecular formula is C29H28BF3N3O3. The molecule has 1 aliphatic heterocycles. The van der Waals surface area contributed by atoms with Gasteiger partial charge in [-0.1, -0.05) is 48.5 Å². The summed E-state index contributed by atoms with van der Waals surface area (Å²) in [6, 6.07) is 15.3. The highest BCUT2D eigenvalue weighted by molar-refractivity contribution is 6.64. The number of ether oxygens (including phenoxy) is 1. The molecule has 0 N–H and O–H groups in total. The summed E-state index contributed by atoms with van der Waals surface area (Å²) in [5.74, 6) is 0.360. The van der Waals surface area contributed by atoms with Gasteiger partial charge in [0.15, 0.2) is 0 Å². The number of benzene rings is 2. The van der Waals surface area contributed by atoms with Crippen LogP contribution in [0.3, 0.4) is 0 Å². The van der Waals surface area contributed by atoms with Crippen molar-refractivity contribution in [2.75, 3.05) is 20.2 Å². The molecule has 3 aromatic rings. The van der Waals surface area contributed by atoms with Crippen molar-refractivity contribution in [1.29, 1.82) is 0 Å². The monoisotopic (exact) mass is 534 g/mol. The van der Waals surface area contributed by atoms with Crippen molar-refractivity contribution in [3.63, 3.8) is 0 Å². The molecular weight excluding hydrogens is 506 g/mol. The van der Waals surface area contributed by atoms with Crippen molar-refractivity contribution in [3.05, 3.63) is 94.1 Å². The van der Waals surface area contributed by atoms with Crippen LogP contribution < -0.4 is 0 Å². The average molecular weight is 534 g/mol. The van der Waals surface area contributed by atoms with Gasteiger partial charge < -0.3 is 14.3 Å². The van der Waals surface area contributed by atoms with E-state index in [0.717, 1.165) is 47.7 Å². The molecule has 6 nitrogen and oxygen atoms in total. The molecule has 1 saturated heterocycles. The molecule has 0 unspecified atom stereocenters. The van der Waals surface area contributed by atoms with Crippen LogP contribution in [-0.2, 0) is 45.2 Å². The van der Waals surface area contributed by atoms with E-state index in [0.29, 0.717) is 37.4 Å². The largest absolute Gasteiger partial charge is 0.468 e. The van der Waals surface area contributed by atoms with Crippen LogP contribution in [0.15, 0.2) is 54.7 Å². The number of carbonyl (C=O) groups excluding carboxylic acids is 2. The molecule has 2 heterocycles. The van der Waals surface area contributed by atoms with Gasteiger partial charge in [-0.2, -0.15) is 13.2 Å². The van der Waals surface area contributed by atoms with Gasteiger partial charge in [0.2, 0.25) is 0 Å². The Morgan fingerprint density at radius 1 is 1.13 bits per heavy atom. The lowest BCUT2D eigenvalue weighted by atomic mass is 9.81. The maximum Gasteiger partial charge on any atom is 0.419 e. The van der Waals surface area contributed by atoms with Gasteiger partial charge in [-0.05, 0) is 61.0 Å². The number of rotatable bonds is 10. The predicted molar refractivity (Wildman–Crippen MR) is 140 cm³/mol. The molecule has 2 fully saturated rings. The molecule has 1 aromatic heterocycles. The minimum absolute atomic E-state index is 0.0529. The Hall–Kier alpha value is -3.53. The normalized spacial score (nSPS) is 16.8. The third-order valence-corrected chi connectivity index (χ3v) is 7.71. The van der Waals surface area contributed by atoms with Crippen LogP contribution in [-0.4, -0.2) is 54.5 Å². The van der Waals surface area contributed by atoms with Crippen LogP contribution in [0.1, 0.15) is 58.1 Å². The second-order valence-corrected chi connectivity index (χ2v) is 10.2. The van der Waals surface area contributed by atoms with Gasteiger partial charge in [-0.15, -0.1) is 0 Å². The van der Waals surface area contributed by atoms with Gasteiger partial charge >= 0.3 is 12.1 Å².